The first-order valence-corrected chi connectivity index (χ1v) is 15.5. The van der Waals surface area contributed by atoms with Gasteiger partial charge < -0.3 is 18.9 Å². The molecular weight excluding hydrogens is 644 g/mol. The van der Waals surface area contributed by atoms with Crippen LogP contribution in [0.1, 0.15) is 44.9 Å². The number of non-ortho nitro benzene ring substituents is 1. The normalized spacial score (nSPS) is 14.3. The minimum absolute atomic E-state index is 0.110. The Hall–Kier alpha value is -5.83. The predicted molar refractivity (Wildman–Crippen MR) is 175 cm³/mol. The molecule has 1 aliphatic rings. The van der Waals surface area contributed by atoms with E-state index in [9.17, 15) is 29.8 Å². The number of nitro groups is 2. The molecule has 15 heteroatoms. The number of nitrogens with zero attached hydrogens (tertiary/aromatic N) is 4. The van der Waals surface area contributed by atoms with Crippen molar-refractivity contribution in [1.82, 2.24) is 4.57 Å². The second-order valence-electron chi connectivity index (χ2n) is 10.7. The average Bonchev–Trinajstić information content (AvgIpc) is 3.34. The Morgan fingerprint density at radius 1 is 1.02 bits per heavy atom. The number of allylic oxidation sites excluding steroid dienone is 1. The number of ether oxygens (including phenoxy) is 4. The number of hydrogen-bond donors (Lipinski definition) is 0. The number of hydrogen-bond acceptors (Lipinski definition) is 12. The Morgan fingerprint density at radius 2 is 1.73 bits per heavy atom. The van der Waals surface area contributed by atoms with Crippen LogP contribution in [0.15, 0.2) is 81.7 Å². The van der Waals surface area contributed by atoms with Crippen LogP contribution < -0.4 is 29.1 Å². The van der Waals surface area contributed by atoms with Crippen LogP contribution in [0.2, 0.25) is 0 Å². The number of methoxy groups -OCH3 is 1. The Balaban J connectivity index is 1.54. The molecule has 0 saturated heterocycles. The van der Waals surface area contributed by atoms with Gasteiger partial charge in [0.05, 0.1) is 57.6 Å². The van der Waals surface area contributed by atoms with Crippen molar-refractivity contribution in [3.8, 4) is 23.0 Å². The highest BCUT2D eigenvalue weighted by Crippen LogP contribution is 2.37. The van der Waals surface area contributed by atoms with Gasteiger partial charge in [-0.25, -0.2) is 9.79 Å². The van der Waals surface area contributed by atoms with Crippen molar-refractivity contribution < 1.29 is 33.6 Å². The van der Waals surface area contributed by atoms with Gasteiger partial charge in [-0.1, -0.05) is 29.5 Å². The molecule has 1 aliphatic heterocycles. The zero-order valence-electron chi connectivity index (χ0n) is 26.5. The van der Waals surface area contributed by atoms with Crippen molar-refractivity contribution >= 4 is 34.8 Å². The molecule has 248 valence electrons. The second-order valence-corrected chi connectivity index (χ2v) is 11.7. The van der Waals surface area contributed by atoms with Gasteiger partial charge in [0.15, 0.2) is 16.3 Å². The number of fused-ring (bicyclic) bond motifs is 1. The smallest absolute Gasteiger partial charge is 0.338 e. The van der Waals surface area contributed by atoms with Gasteiger partial charge in [0.1, 0.15) is 5.75 Å². The maximum Gasteiger partial charge on any atom is 0.338 e. The molecule has 0 unspecified atom stereocenters. The van der Waals surface area contributed by atoms with Crippen LogP contribution in [0.3, 0.4) is 0 Å². The highest BCUT2D eigenvalue weighted by molar-refractivity contribution is 7.07. The molecule has 0 radical (unpaired) electrons. The number of aromatic nitrogens is 1. The molecular formula is C33H30N4O10S. The predicted octanol–water partition coefficient (Wildman–Crippen LogP) is 5.20. The van der Waals surface area contributed by atoms with Gasteiger partial charge in [0, 0.05) is 6.07 Å². The molecule has 14 nitrogen and oxygen atoms in total. The van der Waals surface area contributed by atoms with Crippen LogP contribution in [-0.4, -0.2) is 40.2 Å². The van der Waals surface area contributed by atoms with Crippen LogP contribution in [0, 0.1) is 20.2 Å². The van der Waals surface area contributed by atoms with E-state index in [2.05, 4.69) is 4.99 Å². The number of thiazole rings is 1. The van der Waals surface area contributed by atoms with Gasteiger partial charge in [-0.15, -0.1) is 0 Å². The van der Waals surface area contributed by atoms with Crippen molar-refractivity contribution in [3.05, 3.63) is 123 Å². The third kappa shape index (κ3) is 6.80. The molecule has 5 rings (SSSR count). The molecule has 0 fully saturated rings. The first kappa shape index (κ1) is 33.5. The summed E-state index contributed by atoms with van der Waals surface area (Å²) in [4.78, 5) is 53.3. The zero-order valence-corrected chi connectivity index (χ0v) is 27.3. The standard InChI is InChI=1S/C33H30N4O10S/c1-6-45-32(39)29-19(4)34-33-35(30(29)21-9-13-26(46-18(2)3)27(16-21)44-5)31(38)28(48-33)15-20-7-11-23(12-8-20)47-25-14-10-22(36(40)41)17-24(25)37(42)43/h7-18,30H,6H2,1-5H3/b28-15-/t30-/m0/s1. The van der Waals surface area contributed by atoms with Crippen LogP contribution in [0.5, 0.6) is 23.0 Å². The minimum atomic E-state index is -0.863. The maximum atomic E-state index is 14.0. The monoisotopic (exact) mass is 674 g/mol. The number of benzene rings is 3. The van der Waals surface area contributed by atoms with E-state index in [0.29, 0.717) is 37.7 Å². The lowest BCUT2D eigenvalue weighted by molar-refractivity contribution is -0.394. The summed E-state index contributed by atoms with van der Waals surface area (Å²) in [7, 11) is 1.51. The third-order valence-corrected chi connectivity index (χ3v) is 8.12. The van der Waals surface area contributed by atoms with E-state index in [1.165, 1.54) is 11.7 Å². The number of esters is 1. The van der Waals surface area contributed by atoms with Crippen LogP contribution in [0.4, 0.5) is 11.4 Å². The molecule has 0 amide bonds. The lowest BCUT2D eigenvalue weighted by Gasteiger charge is -2.25. The first-order chi connectivity index (χ1) is 22.9. The Bertz CT molecular complexity index is 2130. The molecule has 0 aliphatic carbocycles. The number of carbonyl (C=O) groups excluding carboxylic acids is 1. The quantitative estimate of drug-likeness (QED) is 0.117. The number of rotatable bonds is 11. The van der Waals surface area contributed by atoms with Crippen LogP contribution >= 0.6 is 11.3 Å². The SMILES string of the molecule is CCOC(=O)C1=C(C)N=c2s/c(=C\c3ccc(Oc4ccc([N+](=O)[O-])cc4[N+](=O)[O-])cc3)c(=O)n2[C@H]1c1ccc(OC(C)C)c(OC)c1. The molecule has 0 bridgehead atoms. The van der Waals surface area contributed by atoms with Gasteiger partial charge in [0.25, 0.3) is 11.2 Å². The van der Waals surface area contributed by atoms with E-state index in [1.54, 1.807) is 62.4 Å². The highest BCUT2D eigenvalue weighted by atomic mass is 32.1. The Kier molecular flexibility index (Phi) is 9.70. The summed E-state index contributed by atoms with van der Waals surface area (Å²) in [5.74, 6) is 0.419. The first-order valence-electron chi connectivity index (χ1n) is 14.7. The van der Waals surface area contributed by atoms with Gasteiger partial charge in [-0.2, -0.15) is 0 Å². The Morgan fingerprint density at radius 3 is 2.35 bits per heavy atom. The third-order valence-electron chi connectivity index (χ3n) is 7.14. The summed E-state index contributed by atoms with van der Waals surface area (Å²) in [5.41, 5.74) is 0.457. The van der Waals surface area contributed by atoms with Gasteiger partial charge in [-0.05, 0) is 75.2 Å². The second kappa shape index (κ2) is 13.9. The van der Waals surface area contributed by atoms with Crippen molar-refractivity contribution in [1.29, 1.82) is 0 Å². The van der Waals surface area contributed by atoms with E-state index in [0.717, 1.165) is 29.5 Å². The molecule has 2 heterocycles. The molecule has 0 N–H and O–H groups in total. The fourth-order valence-electron chi connectivity index (χ4n) is 5.07. The molecule has 1 aromatic heterocycles. The summed E-state index contributed by atoms with van der Waals surface area (Å²) < 4.78 is 24.3. The number of nitro benzene ring substituents is 2. The lowest BCUT2D eigenvalue weighted by Crippen LogP contribution is -2.40. The van der Waals surface area contributed by atoms with E-state index in [4.69, 9.17) is 18.9 Å². The van der Waals surface area contributed by atoms with Crippen molar-refractivity contribution in [2.45, 2.75) is 39.8 Å². The zero-order chi connectivity index (χ0) is 34.7. The fraction of sp³-hybridized carbons (Fsp3) is 0.242. The summed E-state index contributed by atoms with van der Waals surface area (Å²) >= 11 is 1.15. The average molecular weight is 675 g/mol. The fourth-order valence-corrected chi connectivity index (χ4v) is 6.12. The molecule has 0 spiro atoms. The van der Waals surface area contributed by atoms with Gasteiger partial charge in [0.2, 0.25) is 5.75 Å². The van der Waals surface area contributed by atoms with E-state index < -0.39 is 33.2 Å². The summed E-state index contributed by atoms with van der Waals surface area (Å²) in [6.45, 7) is 7.30. The van der Waals surface area contributed by atoms with Crippen LogP contribution in [0.25, 0.3) is 6.08 Å². The summed E-state index contributed by atoms with van der Waals surface area (Å²) in [5, 5.41) is 22.5. The van der Waals surface area contributed by atoms with E-state index >= 15 is 0 Å². The summed E-state index contributed by atoms with van der Waals surface area (Å²) in [6, 6.07) is 13.9. The maximum absolute atomic E-state index is 14.0. The largest absolute Gasteiger partial charge is 0.493 e. The van der Waals surface area contributed by atoms with Gasteiger partial charge in [-0.3, -0.25) is 29.6 Å². The lowest BCUT2D eigenvalue weighted by atomic mass is 9.95. The minimum Gasteiger partial charge on any atom is -0.493 e. The van der Waals surface area contributed by atoms with Crippen molar-refractivity contribution in [2.24, 2.45) is 4.99 Å². The number of carbonyl (C=O) groups is 1. The molecule has 4 aromatic rings. The summed E-state index contributed by atoms with van der Waals surface area (Å²) in [6.07, 6.45) is 1.55. The molecule has 0 saturated carbocycles. The van der Waals surface area contributed by atoms with E-state index in [-0.39, 0.29) is 35.3 Å². The Labute approximate surface area is 277 Å². The van der Waals surface area contributed by atoms with Gasteiger partial charge >= 0.3 is 11.7 Å². The van der Waals surface area contributed by atoms with Crippen molar-refractivity contribution in [3.63, 3.8) is 0 Å². The molecule has 48 heavy (non-hydrogen) atoms. The molecule has 3 aromatic carbocycles. The highest BCUT2D eigenvalue weighted by Gasteiger charge is 2.34. The van der Waals surface area contributed by atoms with Crippen LogP contribution in [-0.2, 0) is 9.53 Å². The van der Waals surface area contributed by atoms with E-state index in [1.807, 2.05) is 13.8 Å². The topological polar surface area (TPSA) is 175 Å². The van der Waals surface area contributed by atoms with Crippen molar-refractivity contribution in [2.75, 3.05) is 13.7 Å². The molecule has 1 atom stereocenters.